The van der Waals surface area contributed by atoms with E-state index in [0.717, 1.165) is 15.6 Å². The fraction of sp³-hybridized carbons (Fsp3) is 0.250. The molecule has 0 unspecified atom stereocenters. The molecule has 0 saturated carbocycles. The van der Waals surface area contributed by atoms with E-state index >= 15 is 0 Å². The summed E-state index contributed by atoms with van der Waals surface area (Å²) >= 11 is 4.82. The second-order valence-corrected chi connectivity index (χ2v) is 8.16. The lowest BCUT2D eigenvalue weighted by atomic mass is 10.2. The number of methoxy groups -OCH3 is 1. The van der Waals surface area contributed by atoms with E-state index in [4.69, 9.17) is 4.74 Å². The third-order valence-corrected chi connectivity index (χ3v) is 6.00. The lowest BCUT2D eigenvalue weighted by Gasteiger charge is -2.15. The summed E-state index contributed by atoms with van der Waals surface area (Å²) in [5.41, 5.74) is 1.60. The van der Waals surface area contributed by atoms with E-state index in [0.29, 0.717) is 23.9 Å². The molecule has 3 rings (SSSR count). The fourth-order valence-corrected chi connectivity index (χ4v) is 4.11. The van der Waals surface area contributed by atoms with Crippen molar-refractivity contribution in [2.45, 2.75) is 25.1 Å². The number of benzene rings is 2. The molecule has 8 heteroatoms. The average molecular weight is 464 g/mol. The molecule has 1 aliphatic rings. The minimum absolute atomic E-state index is 0.00851. The van der Waals surface area contributed by atoms with Crippen molar-refractivity contribution >= 4 is 45.0 Å². The van der Waals surface area contributed by atoms with Gasteiger partial charge in [0, 0.05) is 10.0 Å². The van der Waals surface area contributed by atoms with Gasteiger partial charge in [-0.1, -0.05) is 46.7 Å². The van der Waals surface area contributed by atoms with Gasteiger partial charge in [-0.25, -0.2) is 4.39 Å². The molecule has 0 N–H and O–H groups in total. The quantitative estimate of drug-likeness (QED) is 0.454. The zero-order valence-corrected chi connectivity index (χ0v) is 17.8. The van der Waals surface area contributed by atoms with E-state index in [9.17, 15) is 9.18 Å². The van der Waals surface area contributed by atoms with Crippen molar-refractivity contribution in [3.05, 3.63) is 63.9 Å². The molecule has 0 aromatic heterocycles. The third kappa shape index (κ3) is 4.80. The lowest BCUT2D eigenvalue weighted by Crippen LogP contribution is -2.31. The van der Waals surface area contributed by atoms with Crippen molar-refractivity contribution in [3.63, 3.8) is 0 Å². The van der Waals surface area contributed by atoms with Crippen LogP contribution in [0.3, 0.4) is 0 Å². The highest BCUT2D eigenvalue weighted by Gasteiger charge is 2.36. The number of hydrogen-bond acceptors (Lipinski definition) is 5. The summed E-state index contributed by atoms with van der Waals surface area (Å²) in [6.07, 6.45) is 2.29. The Morgan fingerprint density at radius 1 is 1.29 bits per heavy atom. The van der Waals surface area contributed by atoms with E-state index in [-0.39, 0.29) is 17.0 Å². The van der Waals surface area contributed by atoms with Gasteiger partial charge in [-0.05, 0) is 42.3 Å². The highest BCUT2D eigenvalue weighted by Crippen LogP contribution is 2.31. The maximum absolute atomic E-state index is 13.1. The molecule has 28 heavy (non-hydrogen) atoms. The molecule has 0 spiro atoms. The standard InChI is InChI=1S/C20H19BrFN3O2S/c1-3-18-19(26)25(12-13-4-7-16(22)8-5-13)20(28-18)24-23-11-14-10-15(21)6-9-17(14)27-2/h4-11,18H,3,12H2,1-2H3/b23-11-,24-20+/t18-/m0/s1. The van der Waals surface area contributed by atoms with Gasteiger partial charge in [0.25, 0.3) is 0 Å². The summed E-state index contributed by atoms with van der Waals surface area (Å²) in [5.74, 6) is 0.362. The number of hydrogen-bond donors (Lipinski definition) is 0. The number of ether oxygens (including phenoxy) is 1. The Hall–Kier alpha value is -2.19. The molecular weight excluding hydrogens is 445 g/mol. The van der Waals surface area contributed by atoms with Crippen LogP contribution in [0.2, 0.25) is 0 Å². The zero-order valence-electron chi connectivity index (χ0n) is 15.4. The van der Waals surface area contributed by atoms with Crippen LogP contribution in [-0.4, -0.2) is 34.5 Å². The third-order valence-electron chi connectivity index (χ3n) is 4.18. The molecular formula is C20H19BrFN3O2S. The monoisotopic (exact) mass is 463 g/mol. The van der Waals surface area contributed by atoms with Gasteiger partial charge in [0.05, 0.1) is 25.1 Å². The molecule has 1 amide bonds. The zero-order chi connectivity index (χ0) is 20.1. The summed E-state index contributed by atoms with van der Waals surface area (Å²) in [5, 5.41) is 8.79. The highest BCUT2D eigenvalue weighted by molar-refractivity contribution is 9.10. The van der Waals surface area contributed by atoms with Gasteiger partial charge in [-0.3, -0.25) is 9.69 Å². The molecule has 1 aliphatic heterocycles. The Labute approximate surface area is 175 Å². The first-order valence-corrected chi connectivity index (χ1v) is 10.4. The molecule has 2 aromatic rings. The summed E-state index contributed by atoms with van der Waals surface area (Å²) in [6.45, 7) is 2.29. The van der Waals surface area contributed by atoms with Crippen molar-refractivity contribution in [2.75, 3.05) is 7.11 Å². The van der Waals surface area contributed by atoms with Crippen molar-refractivity contribution in [1.82, 2.24) is 4.90 Å². The fourth-order valence-electron chi connectivity index (χ4n) is 2.71. The predicted molar refractivity (Wildman–Crippen MR) is 114 cm³/mol. The maximum atomic E-state index is 13.1. The smallest absolute Gasteiger partial charge is 0.242 e. The molecule has 2 aromatic carbocycles. The summed E-state index contributed by atoms with van der Waals surface area (Å²) in [4.78, 5) is 14.3. The second kappa shape index (κ2) is 9.34. The molecule has 5 nitrogen and oxygen atoms in total. The van der Waals surface area contributed by atoms with Crippen LogP contribution in [0, 0.1) is 5.82 Å². The van der Waals surface area contributed by atoms with Gasteiger partial charge in [0.2, 0.25) is 5.91 Å². The molecule has 0 bridgehead atoms. The summed E-state index contributed by atoms with van der Waals surface area (Å²) < 4.78 is 19.4. The van der Waals surface area contributed by atoms with Gasteiger partial charge in [0.1, 0.15) is 11.6 Å². The van der Waals surface area contributed by atoms with Crippen LogP contribution < -0.4 is 4.74 Å². The Balaban J connectivity index is 1.84. The van der Waals surface area contributed by atoms with Crippen molar-refractivity contribution < 1.29 is 13.9 Å². The Kier molecular flexibility index (Phi) is 6.85. The molecule has 1 fully saturated rings. The average Bonchev–Trinajstić information content (AvgIpc) is 2.99. The first-order valence-electron chi connectivity index (χ1n) is 8.69. The van der Waals surface area contributed by atoms with Crippen LogP contribution in [0.1, 0.15) is 24.5 Å². The van der Waals surface area contributed by atoms with Gasteiger partial charge < -0.3 is 4.74 Å². The normalized spacial score (nSPS) is 18.4. The minimum atomic E-state index is -0.307. The van der Waals surface area contributed by atoms with Gasteiger partial charge >= 0.3 is 0 Å². The van der Waals surface area contributed by atoms with E-state index in [2.05, 4.69) is 26.1 Å². The number of carbonyl (C=O) groups excluding carboxylic acids is 1. The van der Waals surface area contributed by atoms with Crippen molar-refractivity contribution in [1.29, 1.82) is 0 Å². The van der Waals surface area contributed by atoms with Crippen LogP contribution >= 0.6 is 27.7 Å². The second-order valence-electron chi connectivity index (χ2n) is 6.08. The number of carbonyl (C=O) groups is 1. The molecule has 0 radical (unpaired) electrons. The number of nitrogens with zero attached hydrogens (tertiary/aromatic N) is 3. The van der Waals surface area contributed by atoms with E-state index in [1.165, 1.54) is 23.9 Å². The SMILES string of the molecule is CC[C@@H]1S/C(=N/N=C\c2cc(Br)ccc2OC)N(Cc2ccc(F)cc2)C1=O. The highest BCUT2D eigenvalue weighted by atomic mass is 79.9. The number of amidine groups is 1. The molecule has 146 valence electrons. The predicted octanol–water partition coefficient (Wildman–Crippen LogP) is 4.84. The van der Waals surface area contributed by atoms with Gasteiger partial charge in [-0.2, -0.15) is 5.10 Å². The van der Waals surface area contributed by atoms with Gasteiger partial charge in [-0.15, -0.1) is 5.10 Å². The van der Waals surface area contributed by atoms with E-state index < -0.39 is 0 Å². The van der Waals surface area contributed by atoms with Crippen molar-refractivity contribution in [3.8, 4) is 5.75 Å². The summed E-state index contributed by atoms with van der Waals surface area (Å²) in [7, 11) is 1.59. The van der Waals surface area contributed by atoms with Crippen LogP contribution in [0.5, 0.6) is 5.75 Å². The first-order chi connectivity index (χ1) is 13.5. The van der Waals surface area contributed by atoms with E-state index in [1.807, 2.05) is 25.1 Å². The van der Waals surface area contributed by atoms with Crippen LogP contribution in [0.25, 0.3) is 0 Å². The molecule has 1 saturated heterocycles. The number of thioether (sulfide) groups is 1. The molecule has 0 aliphatic carbocycles. The Bertz CT molecular complexity index is 918. The molecule has 1 atom stereocenters. The Morgan fingerprint density at radius 3 is 2.71 bits per heavy atom. The van der Waals surface area contributed by atoms with Gasteiger partial charge in [0.15, 0.2) is 5.17 Å². The van der Waals surface area contributed by atoms with E-state index in [1.54, 1.807) is 30.4 Å². The van der Waals surface area contributed by atoms with Crippen LogP contribution in [-0.2, 0) is 11.3 Å². The van der Waals surface area contributed by atoms with Crippen LogP contribution in [0.15, 0.2) is 57.1 Å². The molecule has 1 heterocycles. The van der Waals surface area contributed by atoms with Crippen LogP contribution in [0.4, 0.5) is 4.39 Å². The topological polar surface area (TPSA) is 54.3 Å². The first kappa shape index (κ1) is 20.5. The minimum Gasteiger partial charge on any atom is -0.496 e. The maximum Gasteiger partial charge on any atom is 0.242 e. The summed E-state index contributed by atoms with van der Waals surface area (Å²) in [6, 6.07) is 11.7. The largest absolute Gasteiger partial charge is 0.496 e. The number of halogens is 2. The number of rotatable bonds is 6. The Morgan fingerprint density at radius 2 is 2.04 bits per heavy atom. The van der Waals surface area contributed by atoms with Crippen molar-refractivity contribution in [2.24, 2.45) is 10.2 Å². The number of amides is 1. The lowest BCUT2D eigenvalue weighted by molar-refractivity contribution is -0.126.